The highest BCUT2D eigenvalue weighted by Gasteiger charge is 2.27. The number of amides is 1. The summed E-state index contributed by atoms with van der Waals surface area (Å²) in [7, 11) is 1.40. The highest BCUT2D eigenvalue weighted by molar-refractivity contribution is 5.92. The van der Waals surface area contributed by atoms with Crippen molar-refractivity contribution in [2.75, 3.05) is 30.4 Å². The second-order valence-electron chi connectivity index (χ2n) is 7.70. The Balaban J connectivity index is 1.38. The van der Waals surface area contributed by atoms with Crippen LogP contribution in [-0.4, -0.2) is 36.1 Å². The van der Waals surface area contributed by atoms with Crippen molar-refractivity contribution in [3.05, 3.63) is 66.2 Å². The number of ether oxygens (including phenoxy) is 2. The predicted octanol–water partition coefficient (Wildman–Crippen LogP) is 4.58. The van der Waals surface area contributed by atoms with Gasteiger partial charge in [0.25, 0.3) is 5.88 Å². The molecule has 0 atom stereocenters. The number of hydrogen-bond acceptors (Lipinski definition) is 6. The summed E-state index contributed by atoms with van der Waals surface area (Å²) in [5, 5.41) is 2.80. The summed E-state index contributed by atoms with van der Waals surface area (Å²) in [5.41, 5.74) is 1.56. The monoisotopic (exact) mass is 436 g/mol. The number of hydrogen-bond donors (Lipinski definition) is 1. The van der Waals surface area contributed by atoms with Gasteiger partial charge in [0, 0.05) is 43.2 Å². The maximum atomic E-state index is 13.9. The SMILES string of the molecule is COc1ccc(NC(=O)C2CCN(c3nccnc3Oc3ccc(C)cc3)CC2)cc1F. The molecule has 4 rings (SSSR count). The number of halogens is 1. The van der Waals surface area contributed by atoms with Crippen molar-refractivity contribution < 1.29 is 18.7 Å². The van der Waals surface area contributed by atoms with E-state index in [0.29, 0.717) is 49.1 Å². The number of carbonyl (C=O) groups excluding carboxylic acids is 1. The average molecular weight is 436 g/mol. The van der Waals surface area contributed by atoms with Crippen LogP contribution in [0.3, 0.4) is 0 Å². The zero-order chi connectivity index (χ0) is 22.5. The molecule has 1 saturated heterocycles. The molecule has 1 amide bonds. The fourth-order valence-electron chi connectivity index (χ4n) is 3.67. The molecule has 0 radical (unpaired) electrons. The van der Waals surface area contributed by atoms with Crippen molar-refractivity contribution in [1.29, 1.82) is 0 Å². The van der Waals surface area contributed by atoms with Gasteiger partial charge in [0.2, 0.25) is 5.91 Å². The molecule has 166 valence electrons. The van der Waals surface area contributed by atoms with Gasteiger partial charge in [-0.25, -0.2) is 14.4 Å². The minimum atomic E-state index is -0.510. The van der Waals surface area contributed by atoms with Gasteiger partial charge >= 0.3 is 0 Å². The standard InChI is InChI=1S/C24H25FN4O3/c1-16-3-6-19(7-4-16)32-24-22(26-11-12-27-24)29-13-9-17(10-14-29)23(30)28-18-5-8-21(31-2)20(25)15-18/h3-8,11-12,15,17H,9-10,13-14H2,1-2H3,(H,28,30). The molecule has 0 saturated carbocycles. The van der Waals surface area contributed by atoms with Crippen LogP contribution in [0.2, 0.25) is 0 Å². The molecule has 1 aliphatic heterocycles. The number of rotatable bonds is 6. The Morgan fingerprint density at radius 3 is 2.50 bits per heavy atom. The lowest BCUT2D eigenvalue weighted by Crippen LogP contribution is -2.38. The molecule has 1 N–H and O–H groups in total. The van der Waals surface area contributed by atoms with Crippen molar-refractivity contribution >= 4 is 17.4 Å². The van der Waals surface area contributed by atoms with E-state index in [2.05, 4.69) is 20.2 Å². The van der Waals surface area contributed by atoms with Crippen molar-refractivity contribution in [1.82, 2.24) is 9.97 Å². The number of benzene rings is 2. The second-order valence-corrected chi connectivity index (χ2v) is 7.70. The van der Waals surface area contributed by atoms with Crippen molar-refractivity contribution in [3.63, 3.8) is 0 Å². The summed E-state index contributed by atoms with van der Waals surface area (Å²) in [5.74, 6) is 1.13. The molecule has 7 nitrogen and oxygen atoms in total. The number of anilines is 2. The Kier molecular flexibility index (Phi) is 6.49. The first-order valence-electron chi connectivity index (χ1n) is 10.5. The summed E-state index contributed by atoms with van der Waals surface area (Å²) < 4.78 is 24.8. The lowest BCUT2D eigenvalue weighted by atomic mass is 9.96. The van der Waals surface area contributed by atoms with E-state index in [1.54, 1.807) is 18.5 Å². The quantitative estimate of drug-likeness (QED) is 0.610. The van der Waals surface area contributed by atoms with E-state index in [9.17, 15) is 9.18 Å². The van der Waals surface area contributed by atoms with Crippen LogP contribution in [0.25, 0.3) is 0 Å². The van der Waals surface area contributed by atoms with Gasteiger partial charge in [-0.05, 0) is 44.0 Å². The summed E-state index contributed by atoms with van der Waals surface area (Å²) in [4.78, 5) is 23.6. The number of nitrogens with one attached hydrogen (secondary N) is 1. The van der Waals surface area contributed by atoms with Crippen LogP contribution >= 0.6 is 0 Å². The van der Waals surface area contributed by atoms with Crippen molar-refractivity contribution in [3.8, 4) is 17.4 Å². The number of nitrogens with zero attached hydrogens (tertiary/aromatic N) is 3. The zero-order valence-corrected chi connectivity index (χ0v) is 18.0. The first kappa shape index (κ1) is 21.5. The van der Waals surface area contributed by atoms with Gasteiger partial charge in [-0.2, -0.15) is 0 Å². The molecule has 0 spiro atoms. The zero-order valence-electron chi connectivity index (χ0n) is 18.0. The van der Waals surface area contributed by atoms with Crippen LogP contribution in [0.4, 0.5) is 15.9 Å². The Morgan fingerprint density at radius 1 is 1.09 bits per heavy atom. The van der Waals surface area contributed by atoms with Crippen LogP contribution in [0.15, 0.2) is 54.9 Å². The van der Waals surface area contributed by atoms with Gasteiger partial charge in [-0.3, -0.25) is 4.79 Å². The molecule has 1 fully saturated rings. The van der Waals surface area contributed by atoms with Crippen LogP contribution in [0.1, 0.15) is 18.4 Å². The maximum absolute atomic E-state index is 13.9. The summed E-state index contributed by atoms with van der Waals surface area (Å²) in [6.45, 7) is 3.29. The molecule has 32 heavy (non-hydrogen) atoms. The van der Waals surface area contributed by atoms with E-state index in [-0.39, 0.29) is 17.6 Å². The summed E-state index contributed by atoms with van der Waals surface area (Å²) >= 11 is 0. The minimum absolute atomic E-state index is 0.121. The topological polar surface area (TPSA) is 76.6 Å². The molecule has 0 bridgehead atoms. The Labute approximate surface area is 186 Å². The third-order valence-electron chi connectivity index (χ3n) is 5.47. The molecule has 0 aliphatic carbocycles. The van der Waals surface area contributed by atoms with E-state index in [0.717, 1.165) is 5.56 Å². The molecule has 3 aromatic rings. The summed E-state index contributed by atoms with van der Waals surface area (Å²) in [6.07, 6.45) is 4.52. The predicted molar refractivity (Wildman–Crippen MR) is 120 cm³/mol. The molecule has 1 aromatic heterocycles. The van der Waals surface area contributed by atoms with E-state index in [4.69, 9.17) is 9.47 Å². The first-order valence-corrected chi connectivity index (χ1v) is 10.5. The van der Waals surface area contributed by atoms with Gasteiger partial charge in [-0.15, -0.1) is 0 Å². The van der Waals surface area contributed by atoms with Crippen LogP contribution in [-0.2, 0) is 4.79 Å². The average Bonchev–Trinajstić information content (AvgIpc) is 2.81. The van der Waals surface area contributed by atoms with E-state index >= 15 is 0 Å². The highest BCUT2D eigenvalue weighted by atomic mass is 19.1. The van der Waals surface area contributed by atoms with Gasteiger partial charge in [0.05, 0.1) is 7.11 Å². The fourth-order valence-corrected chi connectivity index (χ4v) is 3.67. The molecular weight excluding hydrogens is 411 g/mol. The van der Waals surface area contributed by atoms with Crippen LogP contribution in [0.5, 0.6) is 17.4 Å². The number of piperidine rings is 1. The van der Waals surface area contributed by atoms with Crippen molar-refractivity contribution in [2.45, 2.75) is 19.8 Å². The van der Waals surface area contributed by atoms with E-state index < -0.39 is 5.82 Å². The number of carbonyl (C=O) groups is 1. The normalized spacial score (nSPS) is 14.2. The first-order chi connectivity index (χ1) is 15.5. The second kappa shape index (κ2) is 9.64. The highest BCUT2D eigenvalue weighted by Crippen LogP contribution is 2.31. The maximum Gasteiger partial charge on any atom is 0.263 e. The molecular formula is C24H25FN4O3. The molecule has 2 aromatic carbocycles. The molecule has 1 aliphatic rings. The summed E-state index contributed by atoms with van der Waals surface area (Å²) in [6, 6.07) is 12.1. The number of methoxy groups -OCH3 is 1. The largest absolute Gasteiger partial charge is 0.494 e. The minimum Gasteiger partial charge on any atom is -0.494 e. The lowest BCUT2D eigenvalue weighted by Gasteiger charge is -2.32. The Bertz CT molecular complexity index is 1080. The smallest absolute Gasteiger partial charge is 0.263 e. The van der Waals surface area contributed by atoms with E-state index in [1.165, 1.54) is 19.2 Å². The van der Waals surface area contributed by atoms with Gasteiger partial charge in [0.15, 0.2) is 17.4 Å². The van der Waals surface area contributed by atoms with Crippen LogP contribution in [0, 0.1) is 18.7 Å². The number of aromatic nitrogens is 2. The lowest BCUT2D eigenvalue weighted by molar-refractivity contribution is -0.120. The third kappa shape index (κ3) is 4.96. The third-order valence-corrected chi connectivity index (χ3v) is 5.47. The molecule has 8 heteroatoms. The van der Waals surface area contributed by atoms with Gasteiger partial charge in [-0.1, -0.05) is 17.7 Å². The fraction of sp³-hybridized carbons (Fsp3) is 0.292. The Hall–Kier alpha value is -3.68. The van der Waals surface area contributed by atoms with Crippen LogP contribution < -0.4 is 19.7 Å². The Morgan fingerprint density at radius 2 is 1.81 bits per heavy atom. The number of aryl methyl sites for hydroxylation is 1. The van der Waals surface area contributed by atoms with Gasteiger partial charge < -0.3 is 19.7 Å². The molecule has 0 unspecified atom stereocenters. The van der Waals surface area contributed by atoms with Gasteiger partial charge in [0.1, 0.15) is 5.75 Å². The molecule has 2 heterocycles. The van der Waals surface area contributed by atoms with E-state index in [1.807, 2.05) is 31.2 Å². The van der Waals surface area contributed by atoms with Crippen molar-refractivity contribution in [2.24, 2.45) is 5.92 Å².